The van der Waals surface area contributed by atoms with Crippen LogP contribution in [0.4, 0.5) is 4.79 Å². The van der Waals surface area contributed by atoms with Gasteiger partial charge in [0, 0.05) is 35.9 Å². The van der Waals surface area contributed by atoms with E-state index in [-0.39, 0.29) is 34.9 Å². The van der Waals surface area contributed by atoms with E-state index in [2.05, 4.69) is 24.5 Å². The van der Waals surface area contributed by atoms with Gasteiger partial charge in [0.25, 0.3) is 0 Å². The molecule has 3 N–H and O–H groups in total. The van der Waals surface area contributed by atoms with Gasteiger partial charge in [-0.2, -0.15) is 0 Å². The first-order valence-electron chi connectivity index (χ1n) is 8.41. The summed E-state index contributed by atoms with van der Waals surface area (Å²) in [5, 5.41) is 16.3. The number of hydrogen-bond acceptors (Lipinski definition) is 3. The fraction of sp³-hybridized carbons (Fsp3) is 0.941. The van der Waals surface area contributed by atoms with Crippen LogP contribution < -0.4 is 10.6 Å². The maximum Gasteiger partial charge on any atom is 0.315 e. The molecule has 1 heterocycles. The Kier molecular flexibility index (Phi) is 4.79. The number of amides is 2. The lowest BCUT2D eigenvalue weighted by Crippen LogP contribution is -2.68. The van der Waals surface area contributed by atoms with Gasteiger partial charge >= 0.3 is 6.03 Å². The van der Waals surface area contributed by atoms with Gasteiger partial charge in [0.2, 0.25) is 0 Å². The standard InChI is InChI=1S/C17H32N2O3/c1-10(2)13(20)16(3,4)9-18-15(21)19-12-11-7-8-22-14(11)17(12,5)6/h10-14,20H,7-9H2,1-6H3,(H2,18,19,21). The van der Waals surface area contributed by atoms with Crippen LogP contribution in [0, 0.1) is 22.7 Å². The molecule has 1 aliphatic carbocycles. The number of nitrogens with one attached hydrogen (secondary N) is 2. The van der Waals surface area contributed by atoms with Crippen LogP contribution in [-0.2, 0) is 4.74 Å². The maximum atomic E-state index is 12.2. The second-order valence-electron chi connectivity index (χ2n) is 8.55. The number of urea groups is 1. The van der Waals surface area contributed by atoms with E-state index < -0.39 is 6.10 Å². The molecule has 2 aliphatic rings. The molecule has 0 aromatic heterocycles. The van der Waals surface area contributed by atoms with Crippen molar-refractivity contribution in [2.75, 3.05) is 13.2 Å². The van der Waals surface area contributed by atoms with E-state index in [0.29, 0.717) is 12.5 Å². The van der Waals surface area contributed by atoms with E-state index in [9.17, 15) is 9.90 Å². The Balaban J connectivity index is 1.84. The lowest BCUT2D eigenvalue weighted by Gasteiger charge is -2.54. The second-order valence-corrected chi connectivity index (χ2v) is 8.55. The Morgan fingerprint density at radius 1 is 1.41 bits per heavy atom. The summed E-state index contributed by atoms with van der Waals surface area (Å²) in [4.78, 5) is 12.2. The fourth-order valence-corrected chi connectivity index (χ4v) is 4.12. The Bertz CT molecular complexity index is 420. The first-order chi connectivity index (χ1) is 10.1. The summed E-state index contributed by atoms with van der Waals surface area (Å²) in [5.41, 5.74) is -0.356. The van der Waals surface area contributed by atoms with Crippen molar-refractivity contribution in [3.63, 3.8) is 0 Å². The molecule has 1 saturated heterocycles. The van der Waals surface area contributed by atoms with Crippen LogP contribution in [0.5, 0.6) is 0 Å². The first-order valence-corrected chi connectivity index (χ1v) is 8.41. The smallest absolute Gasteiger partial charge is 0.315 e. The number of ether oxygens (including phenoxy) is 1. The average Bonchev–Trinajstić information content (AvgIpc) is 2.88. The summed E-state index contributed by atoms with van der Waals surface area (Å²) in [6.45, 7) is 13.5. The molecule has 0 aromatic carbocycles. The predicted molar refractivity (Wildman–Crippen MR) is 86.6 cm³/mol. The van der Waals surface area contributed by atoms with Crippen molar-refractivity contribution in [2.45, 2.75) is 66.2 Å². The van der Waals surface area contributed by atoms with Crippen LogP contribution in [0.15, 0.2) is 0 Å². The molecular weight excluding hydrogens is 280 g/mol. The highest BCUT2D eigenvalue weighted by molar-refractivity contribution is 5.74. The highest BCUT2D eigenvalue weighted by atomic mass is 16.5. The quantitative estimate of drug-likeness (QED) is 0.728. The summed E-state index contributed by atoms with van der Waals surface area (Å²) >= 11 is 0. The van der Waals surface area contributed by atoms with Gasteiger partial charge in [-0.15, -0.1) is 0 Å². The molecule has 0 aromatic rings. The number of rotatable bonds is 5. The van der Waals surface area contributed by atoms with E-state index in [4.69, 9.17) is 4.74 Å². The molecule has 2 rings (SSSR count). The summed E-state index contributed by atoms with van der Waals surface area (Å²) in [6.07, 6.45) is 0.855. The second kappa shape index (κ2) is 6.00. The molecule has 4 atom stereocenters. The Hall–Kier alpha value is -0.810. The SMILES string of the molecule is CC(C)C(O)C(C)(C)CNC(=O)NC1C2CCOC2C1(C)C. The van der Waals surface area contributed by atoms with E-state index in [1.54, 1.807) is 0 Å². The minimum Gasteiger partial charge on any atom is -0.392 e. The zero-order chi connectivity index (χ0) is 16.7. The van der Waals surface area contributed by atoms with E-state index in [0.717, 1.165) is 13.0 Å². The third-order valence-electron chi connectivity index (χ3n) is 5.52. The summed E-state index contributed by atoms with van der Waals surface area (Å²) in [6, 6.07) is 0.0191. The third kappa shape index (κ3) is 3.11. The van der Waals surface area contributed by atoms with Crippen molar-refractivity contribution in [2.24, 2.45) is 22.7 Å². The minimum atomic E-state index is -0.444. The normalized spacial score (nSPS) is 31.4. The monoisotopic (exact) mass is 312 g/mol. The molecule has 2 fully saturated rings. The van der Waals surface area contributed by atoms with Crippen LogP contribution in [0.3, 0.4) is 0 Å². The molecule has 0 spiro atoms. The van der Waals surface area contributed by atoms with Crippen LogP contribution in [-0.4, -0.2) is 42.5 Å². The van der Waals surface area contributed by atoms with Crippen LogP contribution in [0.2, 0.25) is 0 Å². The lowest BCUT2D eigenvalue weighted by atomic mass is 9.57. The van der Waals surface area contributed by atoms with Crippen LogP contribution >= 0.6 is 0 Å². The molecule has 4 unspecified atom stereocenters. The summed E-state index contributed by atoms with van der Waals surface area (Å²) in [7, 11) is 0. The van der Waals surface area contributed by atoms with Gasteiger partial charge in [-0.05, 0) is 12.3 Å². The van der Waals surface area contributed by atoms with Crippen molar-refractivity contribution in [1.82, 2.24) is 10.6 Å². The topological polar surface area (TPSA) is 70.6 Å². The fourth-order valence-electron chi connectivity index (χ4n) is 4.12. The molecule has 22 heavy (non-hydrogen) atoms. The van der Waals surface area contributed by atoms with Gasteiger partial charge in [-0.1, -0.05) is 41.5 Å². The zero-order valence-electron chi connectivity index (χ0n) is 14.8. The zero-order valence-corrected chi connectivity index (χ0v) is 14.8. The van der Waals surface area contributed by atoms with Crippen molar-refractivity contribution >= 4 is 6.03 Å². The number of aliphatic hydroxyl groups is 1. The highest BCUT2D eigenvalue weighted by Crippen LogP contribution is 2.52. The molecule has 5 heteroatoms. The number of carbonyl (C=O) groups excluding carboxylic acids is 1. The Morgan fingerprint density at radius 2 is 2.05 bits per heavy atom. The molecule has 0 bridgehead atoms. The van der Waals surface area contributed by atoms with E-state index >= 15 is 0 Å². The summed E-state index contributed by atoms with van der Waals surface area (Å²) < 4.78 is 5.75. The Morgan fingerprint density at radius 3 is 2.64 bits per heavy atom. The molecule has 2 amide bonds. The van der Waals surface area contributed by atoms with Gasteiger partial charge in [0.1, 0.15) is 0 Å². The van der Waals surface area contributed by atoms with Crippen molar-refractivity contribution in [1.29, 1.82) is 0 Å². The van der Waals surface area contributed by atoms with Crippen LogP contribution in [0.1, 0.15) is 48.0 Å². The van der Waals surface area contributed by atoms with Crippen molar-refractivity contribution in [3.05, 3.63) is 0 Å². The van der Waals surface area contributed by atoms with Crippen molar-refractivity contribution < 1.29 is 14.6 Å². The van der Waals surface area contributed by atoms with Crippen LogP contribution in [0.25, 0.3) is 0 Å². The van der Waals surface area contributed by atoms with Crippen molar-refractivity contribution in [3.8, 4) is 0 Å². The number of aliphatic hydroxyl groups excluding tert-OH is 1. The van der Waals surface area contributed by atoms with Gasteiger partial charge in [0.15, 0.2) is 0 Å². The predicted octanol–water partition coefficient (Wildman–Crippen LogP) is 2.14. The number of fused-ring (bicyclic) bond motifs is 1. The molecule has 128 valence electrons. The average molecular weight is 312 g/mol. The molecular formula is C17H32N2O3. The molecule has 1 saturated carbocycles. The summed E-state index contributed by atoms with van der Waals surface area (Å²) in [5.74, 6) is 0.608. The van der Waals surface area contributed by atoms with Gasteiger partial charge in [0.05, 0.1) is 12.2 Å². The van der Waals surface area contributed by atoms with E-state index in [1.165, 1.54) is 0 Å². The molecule has 0 radical (unpaired) electrons. The van der Waals surface area contributed by atoms with E-state index in [1.807, 2.05) is 27.7 Å². The van der Waals surface area contributed by atoms with Gasteiger partial charge < -0.3 is 20.5 Å². The first kappa shape index (κ1) is 17.5. The molecule has 1 aliphatic heterocycles. The largest absolute Gasteiger partial charge is 0.392 e. The van der Waals surface area contributed by atoms with Gasteiger partial charge in [-0.3, -0.25) is 0 Å². The highest BCUT2D eigenvalue weighted by Gasteiger charge is 2.59. The molecule has 5 nitrogen and oxygen atoms in total. The van der Waals surface area contributed by atoms with Gasteiger partial charge in [-0.25, -0.2) is 4.79 Å². The number of hydrogen-bond donors (Lipinski definition) is 3. The Labute approximate surface area is 134 Å². The maximum absolute atomic E-state index is 12.2. The number of carbonyl (C=O) groups is 1. The third-order valence-corrected chi connectivity index (χ3v) is 5.52. The minimum absolute atomic E-state index is 0.00846. The lowest BCUT2D eigenvalue weighted by molar-refractivity contribution is -0.108.